The molecular formula is C27H27N3O6. The summed E-state index contributed by atoms with van der Waals surface area (Å²) >= 11 is 0. The molecular weight excluding hydrogens is 462 g/mol. The maximum Gasteiger partial charge on any atom is 0.337 e. The zero-order chi connectivity index (χ0) is 25.9. The van der Waals surface area contributed by atoms with E-state index in [1.807, 2.05) is 30.3 Å². The molecule has 0 aliphatic heterocycles. The van der Waals surface area contributed by atoms with Crippen LogP contribution in [0.25, 0.3) is 11.0 Å². The third-order valence-electron chi connectivity index (χ3n) is 5.18. The largest absolute Gasteiger partial charge is 0.497 e. The van der Waals surface area contributed by atoms with Gasteiger partial charge in [0.05, 0.1) is 13.7 Å². The summed E-state index contributed by atoms with van der Waals surface area (Å²) < 4.78 is 10.4. The molecule has 0 bridgehead atoms. The predicted octanol–water partition coefficient (Wildman–Crippen LogP) is 1.87. The molecule has 3 aromatic rings. The van der Waals surface area contributed by atoms with Crippen molar-refractivity contribution in [3.8, 4) is 17.6 Å². The van der Waals surface area contributed by atoms with E-state index in [1.54, 1.807) is 18.2 Å². The lowest BCUT2D eigenvalue weighted by atomic mass is 10.1. The molecule has 2 aromatic carbocycles. The number of carbonyl (C=O) groups is 3. The number of benzene rings is 2. The number of methoxy groups -OCH3 is 1. The summed E-state index contributed by atoms with van der Waals surface area (Å²) in [5.74, 6) is 5.21. The molecule has 0 saturated carbocycles. The fourth-order valence-electron chi connectivity index (χ4n) is 3.41. The van der Waals surface area contributed by atoms with Crippen molar-refractivity contribution in [2.45, 2.75) is 32.4 Å². The Kier molecular flexibility index (Phi) is 9.23. The summed E-state index contributed by atoms with van der Waals surface area (Å²) in [6.45, 7) is 1.43. The zero-order valence-electron chi connectivity index (χ0n) is 20.1. The first kappa shape index (κ1) is 26.0. The molecule has 186 valence electrons. The van der Waals surface area contributed by atoms with E-state index < -0.39 is 17.6 Å². The van der Waals surface area contributed by atoms with E-state index in [9.17, 15) is 19.2 Å². The monoisotopic (exact) mass is 489 g/mol. The van der Waals surface area contributed by atoms with Crippen LogP contribution in [0.5, 0.6) is 5.75 Å². The highest BCUT2D eigenvalue weighted by Crippen LogP contribution is 2.22. The first-order chi connectivity index (χ1) is 17.4. The number of carbonyl (C=O) groups excluding carboxylic acids is 3. The Morgan fingerprint density at radius 2 is 1.83 bits per heavy atom. The third-order valence-corrected chi connectivity index (χ3v) is 5.18. The van der Waals surface area contributed by atoms with Crippen molar-refractivity contribution in [2.24, 2.45) is 0 Å². The van der Waals surface area contributed by atoms with Gasteiger partial charge < -0.3 is 25.1 Å². The van der Waals surface area contributed by atoms with E-state index in [4.69, 9.17) is 9.15 Å². The van der Waals surface area contributed by atoms with Gasteiger partial charge in [0.25, 0.3) is 0 Å². The zero-order valence-corrected chi connectivity index (χ0v) is 20.1. The lowest BCUT2D eigenvalue weighted by Gasteiger charge is -2.16. The summed E-state index contributed by atoms with van der Waals surface area (Å²) in [5, 5.41) is 8.51. The number of nitrogens with one attached hydrogen (secondary N) is 3. The number of amides is 3. The summed E-state index contributed by atoms with van der Waals surface area (Å²) in [6.07, 6.45) is 0.480. The topological polar surface area (TPSA) is 127 Å². The summed E-state index contributed by atoms with van der Waals surface area (Å²) in [7, 11) is 1.52. The van der Waals surface area contributed by atoms with Gasteiger partial charge in [0.2, 0.25) is 17.7 Å². The quantitative estimate of drug-likeness (QED) is 0.311. The minimum Gasteiger partial charge on any atom is -0.497 e. The molecule has 0 saturated heterocycles. The summed E-state index contributed by atoms with van der Waals surface area (Å²) in [6, 6.07) is 14.9. The van der Waals surface area contributed by atoms with Crippen LogP contribution in [-0.2, 0) is 20.9 Å². The second-order valence-corrected chi connectivity index (χ2v) is 7.91. The molecule has 0 spiro atoms. The standard InChI is InChI=1S/C27H27N3O6/c1-18(31)30-23(27(34)29-17-25(32)28-16-19-8-4-3-5-9-19)11-7-6-10-20-14-26(33)36-24-15-21(35-2)12-13-22(20)24/h3-5,8-9,12-15,23H,7,11,16-17H2,1-2H3,(H,28,32)(H,29,34)(H,30,31)/t23-/m0/s1. The Hall–Kier alpha value is -4.58. The Morgan fingerprint density at radius 3 is 2.56 bits per heavy atom. The van der Waals surface area contributed by atoms with Gasteiger partial charge >= 0.3 is 5.63 Å². The van der Waals surface area contributed by atoms with Crippen LogP contribution < -0.4 is 26.3 Å². The highest BCUT2D eigenvalue weighted by molar-refractivity contribution is 5.90. The molecule has 1 aromatic heterocycles. The van der Waals surface area contributed by atoms with Crippen LogP contribution in [0.15, 0.2) is 63.8 Å². The SMILES string of the molecule is COc1ccc2c(C#CCC[C@H](NC(C)=O)C(=O)NCC(=O)NCc3ccccc3)cc(=O)oc2c1. The predicted molar refractivity (Wildman–Crippen MR) is 134 cm³/mol. The highest BCUT2D eigenvalue weighted by atomic mass is 16.5. The van der Waals surface area contributed by atoms with Crippen LogP contribution >= 0.6 is 0 Å². The lowest BCUT2D eigenvalue weighted by Crippen LogP contribution is -2.48. The molecule has 9 heteroatoms. The van der Waals surface area contributed by atoms with E-state index >= 15 is 0 Å². The number of hydrogen-bond donors (Lipinski definition) is 3. The van der Waals surface area contributed by atoms with Gasteiger partial charge in [0, 0.05) is 43.0 Å². The smallest absolute Gasteiger partial charge is 0.337 e. The average Bonchev–Trinajstić information content (AvgIpc) is 2.87. The molecule has 0 unspecified atom stereocenters. The fourth-order valence-corrected chi connectivity index (χ4v) is 3.41. The van der Waals surface area contributed by atoms with Crippen molar-refractivity contribution in [3.63, 3.8) is 0 Å². The molecule has 3 amide bonds. The number of ether oxygens (including phenoxy) is 1. The number of hydrogen-bond acceptors (Lipinski definition) is 6. The van der Waals surface area contributed by atoms with E-state index in [1.165, 1.54) is 20.1 Å². The second kappa shape index (κ2) is 12.8. The molecule has 9 nitrogen and oxygen atoms in total. The van der Waals surface area contributed by atoms with E-state index in [-0.39, 0.29) is 31.2 Å². The van der Waals surface area contributed by atoms with Crippen LogP contribution in [0.4, 0.5) is 0 Å². The summed E-state index contributed by atoms with van der Waals surface area (Å²) in [4.78, 5) is 48.1. The van der Waals surface area contributed by atoms with Gasteiger partial charge in [-0.05, 0) is 24.1 Å². The minimum atomic E-state index is -0.861. The van der Waals surface area contributed by atoms with Crippen LogP contribution in [0.1, 0.15) is 30.9 Å². The average molecular weight is 490 g/mol. The first-order valence-electron chi connectivity index (χ1n) is 11.3. The van der Waals surface area contributed by atoms with Crippen molar-refractivity contribution < 1.29 is 23.5 Å². The molecule has 3 rings (SSSR count). The normalized spacial score (nSPS) is 11.1. The third kappa shape index (κ3) is 7.74. The van der Waals surface area contributed by atoms with Gasteiger partial charge in [-0.25, -0.2) is 4.79 Å². The molecule has 0 fully saturated rings. The maximum atomic E-state index is 12.6. The van der Waals surface area contributed by atoms with E-state index in [0.29, 0.717) is 28.8 Å². The lowest BCUT2D eigenvalue weighted by molar-refractivity contribution is -0.129. The molecule has 1 atom stereocenters. The molecule has 3 N–H and O–H groups in total. The Labute approximate surface area is 208 Å². The molecule has 0 aliphatic carbocycles. The van der Waals surface area contributed by atoms with Gasteiger partial charge in [-0.1, -0.05) is 42.2 Å². The summed E-state index contributed by atoms with van der Waals surface area (Å²) in [5.41, 5.74) is 1.24. The Bertz CT molecular complexity index is 1350. The van der Waals surface area contributed by atoms with Gasteiger partial charge in [0.15, 0.2) is 0 Å². The minimum absolute atomic E-state index is 0.219. The van der Waals surface area contributed by atoms with Crippen LogP contribution in [0, 0.1) is 11.8 Å². The van der Waals surface area contributed by atoms with Crippen LogP contribution in [0.3, 0.4) is 0 Å². The van der Waals surface area contributed by atoms with Gasteiger partial charge in [-0.3, -0.25) is 14.4 Å². The van der Waals surface area contributed by atoms with Crippen molar-refractivity contribution in [1.29, 1.82) is 0 Å². The molecule has 0 aliphatic rings. The molecule has 1 heterocycles. The Morgan fingerprint density at radius 1 is 1.06 bits per heavy atom. The maximum absolute atomic E-state index is 12.6. The van der Waals surface area contributed by atoms with Crippen molar-refractivity contribution >= 4 is 28.7 Å². The number of rotatable bonds is 9. The fraction of sp³-hybridized carbons (Fsp3) is 0.259. The first-order valence-corrected chi connectivity index (χ1v) is 11.3. The van der Waals surface area contributed by atoms with Crippen molar-refractivity contribution in [3.05, 3.63) is 76.1 Å². The van der Waals surface area contributed by atoms with Gasteiger partial charge in [-0.15, -0.1) is 0 Å². The van der Waals surface area contributed by atoms with Crippen molar-refractivity contribution in [1.82, 2.24) is 16.0 Å². The Balaban J connectivity index is 1.58. The van der Waals surface area contributed by atoms with Crippen molar-refractivity contribution in [2.75, 3.05) is 13.7 Å². The van der Waals surface area contributed by atoms with Crippen LogP contribution in [-0.4, -0.2) is 37.4 Å². The van der Waals surface area contributed by atoms with E-state index in [0.717, 1.165) is 5.56 Å². The second-order valence-electron chi connectivity index (χ2n) is 7.91. The molecule has 36 heavy (non-hydrogen) atoms. The van der Waals surface area contributed by atoms with Crippen LogP contribution in [0.2, 0.25) is 0 Å². The van der Waals surface area contributed by atoms with Gasteiger partial charge in [-0.2, -0.15) is 0 Å². The van der Waals surface area contributed by atoms with E-state index in [2.05, 4.69) is 27.8 Å². The highest BCUT2D eigenvalue weighted by Gasteiger charge is 2.19. The molecule has 0 radical (unpaired) electrons. The van der Waals surface area contributed by atoms with Gasteiger partial charge in [0.1, 0.15) is 17.4 Å². The number of fused-ring (bicyclic) bond motifs is 1.